The highest BCUT2D eigenvalue weighted by Crippen LogP contribution is 2.16. The third kappa shape index (κ3) is 5.57. The highest BCUT2D eigenvalue weighted by Gasteiger charge is 2.17. The first-order chi connectivity index (χ1) is 9.84. The molecule has 0 spiro atoms. The summed E-state index contributed by atoms with van der Waals surface area (Å²) in [5, 5.41) is 2.93. The van der Waals surface area contributed by atoms with Crippen LogP contribution in [0.5, 0.6) is 5.75 Å². The Hall–Kier alpha value is -1.62. The zero-order chi connectivity index (χ0) is 14.0. The number of pyridine rings is 1. The average molecular weight is 278 g/mol. The molecule has 0 aliphatic carbocycles. The average Bonchev–Trinajstić information content (AvgIpc) is 2.49. The van der Waals surface area contributed by atoms with Crippen molar-refractivity contribution >= 4 is 5.91 Å². The number of hydrogen-bond acceptors (Lipinski definition) is 4. The number of carbonyl (C=O) groups is 1. The minimum atomic E-state index is 0.113. The van der Waals surface area contributed by atoms with E-state index in [0.717, 1.165) is 38.2 Å². The molecule has 2 heterocycles. The lowest BCUT2D eigenvalue weighted by Gasteiger charge is -2.21. The first kappa shape index (κ1) is 14.8. The van der Waals surface area contributed by atoms with E-state index in [1.165, 1.54) is 0 Å². The van der Waals surface area contributed by atoms with E-state index in [-0.39, 0.29) is 5.91 Å². The van der Waals surface area contributed by atoms with Crippen LogP contribution in [0.3, 0.4) is 0 Å². The van der Waals surface area contributed by atoms with Crippen LogP contribution in [0.2, 0.25) is 0 Å². The summed E-state index contributed by atoms with van der Waals surface area (Å²) in [5.41, 5.74) is 0. The number of nitrogens with zero attached hydrogens (tertiary/aromatic N) is 1. The summed E-state index contributed by atoms with van der Waals surface area (Å²) in [4.78, 5) is 15.7. The second-order valence-electron chi connectivity index (χ2n) is 5.03. The lowest BCUT2D eigenvalue weighted by molar-refractivity contribution is -0.123. The fraction of sp³-hybridized carbons (Fsp3) is 0.600. The molecule has 1 aromatic rings. The minimum Gasteiger partial charge on any atom is -0.492 e. The predicted octanol–water partition coefficient (Wildman–Crippen LogP) is 1.78. The van der Waals surface area contributed by atoms with Gasteiger partial charge < -0.3 is 14.8 Å². The third-order valence-corrected chi connectivity index (χ3v) is 3.28. The molecular weight excluding hydrogens is 256 g/mol. The highest BCUT2D eigenvalue weighted by atomic mass is 16.5. The van der Waals surface area contributed by atoms with Crippen LogP contribution in [0.25, 0.3) is 0 Å². The Morgan fingerprint density at radius 2 is 2.50 bits per heavy atom. The molecule has 0 saturated carbocycles. The Labute approximate surface area is 119 Å². The van der Waals surface area contributed by atoms with Gasteiger partial charge in [-0.25, -0.2) is 0 Å². The van der Waals surface area contributed by atoms with E-state index < -0.39 is 0 Å². The van der Waals surface area contributed by atoms with Gasteiger partial charge in [-0.1, -0.05) is 0 Å². The van der Waals surface area contributed by atoms with Crippen LogP contribution in [0.15, 0.2) is 24.5 Å². The van der Waals surface area contributed by atoms with Crippen molar-refractivity contribution in [3.63, 3.8) is 0 Å². The van der Waals surface area contributed by atoms with Gasteiger partial charge in [0.25, 0.3) is 0 Å². The molecule has 0 aromatic carbocycles. The van der Waals surface area contributed by atoms with Crippen molar-refractivity contribution in [3.05, 3.63) is 24.5 Å². The maximum Gasteiger partial charge on any atom is 0.220 e. The lowest BCUT2D eigenvalue weighted by Crippen LogP contribution is -2.30. The molecule has 1 N–H and O–H groups in total. The summed E-state index contributed by atoms with van der Waals surface area (Å²) in [5.74, 6) is 1.26. The summed E-state index contributed by atoms with van der Waals surface area (Å²) in [6, 6.07) is 3.71. The van der Waals surface area contributed by atoms with E-state index in [0.29, 0.717) is 25.5 Å². The molecule has 1 atom stereocenters. The van der Waals surface area contributed by atoms with Crippen LogP contribution in [-0.2, 0) is 9.53 Å². The van der Waals surface area contributed by atoms with Crippen LogP contribution in [0.1, 0.15) is 25.7 Å². The lowest BCUT2D eigenvalue weighted by atomic mass is 9.98. The van der Waals surface area contributed by atoms with Crippen molar-refractivity contribution < 1.29 is 14.3 Å². The number of aromatic nitrogens is 1. The number of amides is 1. The van der Waals surface area contributed by atoms with Crippen molar-refractivity contribution in [2.75, 3.05) is 26.4 Å². The molecule has 0 radical (unpaired) electrons. The summed E-state index contributed by atoms with van der Waals surface area (Å²) >= 11 is 0. The summed E-state index contributed by atoms with van der Waals surface area (Å²) in [6.45, 7) is 2.78. The van der Waals surface area contributed by atoms with Gasteiger partial charge in [-0.05, 0) is 37.3 Å². The van der Waals surface area contributed by atoms with Crippen LogP contribution in [0.4, 0.5) is 0 Å². The molecule has 2 rings (SSSR count). The van der Waals surface area contributed by atoms with Crippen LogP contribution in [0, 0.1) is 5.92 Å². The van der Waals surface area contributed by atoms with Crippen LogP contribution < -0.4 is 10.1 Å². The molecule has 1 aromatic heterocycles. The second-order valence-corrected chi connectivity index (χ2v) is 5.03. The predicted molar refractivity (Wildman–Crippen MR) is 75.5 cm³/mol. The fourth-order valence-electron chi connectivity index (χ4n) is 2.23. The maximum atomic E-state index is 11.7. The number of hydrogen-bond donors (Lipinski definition) is 1. The SMILES string of the molecule is O=C(C[C@H]1CCCOC1)NCCCOc1cccnc1. The Kier molecular flexibility index (Phi) is 6.31. The number of nitrogens with one attached hydrogen (secondary N) is 1. The largest absolute Gasteiger partial charge is 0.492 e. The first-order valence-corrected chi connectivity index (χ1v) is 7.22. The molecule has 1 aliphatic heterocycles. The van der Waals surface area contributed by atoms with Gasteiger partial charge in [-0.3, -0.25) is 9.78 Å². The van der Waals surface area contributed by atoms with E-state index in [9.17, 15) is 4.79 Å². The van der Waals surface area contributed by atoms with E-state index in [2.05, 4.69) is 10.3 Å². The topological polar surface area (TPSA) is 60.5 Å². The van der Waals surface area contributed by atoms with Gasteiger partial charge in [0.1, 0.15) is 5.75 Å². The molecule has 1 saturated heterocycles. The molecule has 0 bridgehead atoms. The maximum absolute atomic E-state index is 11.7. The summed E-state index contributed by atoms with van der Waals surface area (Å²) in [6.07, 6.45) is 6.92. The van der Waals surface area contributed by atoms with E-state index >= 15 is 0 Å². The number of rotatable bonds is 7. The Bertz CT molecular complexity index is 391. The molecular formula is C15H22N2O3. The molecule has 0 unspecified atom stereocenters. The van der Waals surface area contributed by atoms with Gasteiger partial charge in [0.2, 0.25) is 5.91 Å². The summed E-state index contributed by atoms with van der Waals surface area (Å²) < 4.78 is 10.9. The molecule has 1 amide bonds. The fourth-order valence-corrected chi connectivity index (χ4v) is 2.23. The van der Waals surface area contributed by atoms with Gasteiger partial charge in [0, 0.05) is 32.4 Å². The normalized spacial score (nSPS) is 18.5. The van der Waals surface area contributed by atoms with Crippen molar-refractivity contribution in [2.24, 2.45) is 5.92 Å². The first-order valence-electron chi connectivity index (χ1n) is 7.22. The van der Waals surface area contributed by atoms with Crippen molar-refractivity contribution in [1.29, 1.82) is 0 Å². The Balaban J connectivity index is 1.51. The van der Waals surface area contributed by atoms with Crippen molar-refractivity contribution in [2.45, 2.75) is 25.7 Å². The summed E-state index contributed by atoms with van der Waals surface area (Å²) in [7, 11) is 0. The second kappa shape index (κ2) is 8.53. The van der Waals surface area contributed by atoms with Crippen molar-refractivity contribution in [3.8, 4) is 5.75 Å². The van der Waals surface area contributed by atoms with E-state index in [1.807, 2.05) is 12.1 Å². The van der Waals surface area contributed by atoms with Gasteiger partial charge >= 0.3 is 0 Å². The van der Waals surface area contributed by atoms with Crippen LogP contribution in [-0.4, -0.2) is 37.3 Å². The van der Waals surface area contributed by atoms with Crippen LogP contribution >= 0.6 is 0 Å². The molecule has 1 aliphatic rings. The molecule has 110 valence electrons. The minimum absolute atomic E-state index is 0.113. The number of carbonyl (C=O) groups excluding carboxylic acids is 1. The zero-order valence-electron chi connectivity index (χ0n) is 11.7. The van der Waals surface area contributed by atoms with E-state index in [1.54, 1.807) is 12.4 Å². The van der Waals surface area contributed by atoms with Gasteiger partial charge in [0.05, 0.1) is 12.8 Å². The quantitative estimate of drug-likeness (QED) is 0.772. The van der Waals surface area contributed by atoms with Gasteiger partial charge in [0.15, 0.2) is 0 Å². The third-order valence-electron chi connectivity index (χ3n) is 3.28. The van der Waals surface area contributed by atoms with Gasteiger partial charge in [-0.2, -0.15) is 0 Å². The smallest absolute Gasteiger partial charge is 0.220 e. The Morgan fingerprint density at radius 1 is 1.55 bits per heavy atom. The molecule has 20 heavy (non-hydrogen) atoms. The van der Waals surface area contributed by atoms with Gasteiger partial charge in [-0.15, -0.1) is 0 Å². The monoisotopic (exact) mass is 278 g/mol. The standard InChI is InChI=1S/C15H22N2O3/c18-15(10-13-4-2-8-19-12-13)17-7-3-9-20-14-5-1-6-16-11-14/h1,5-6,11,13H,2-4,7-10,12H2,(H,17,18)/t13-/m1/s1. The van der Waals surface area contributed by atoms with Crippen molar-refractivity contribution in [1.82, 2.24) is 10.3 Å². The highest BCUT2D eigenvalue weighted by molar-refractivity contribution is 5.76. The Morgan fingerprint density at radius 3 is 3.25 bits per heavy atom. The van der Waals surface area contributed by atoms with E-state index in [4.69, 9.17) is 9.47 Å². The zero-order valence-corrected chi connectivity index (χ0v) is 11.7. The molecule has 5 heteroatoms. The molecule has 5 nitrogen and oxygen atoms in total. The number of ether oxygens (including phenoxy) is 2. The molecule has 1 fully saturated rings.